The summed E-state index contributed by atoms with van der Waals surface area (Å²) in [6.07, 6.45) is 3.75. The molecular formula is C24H29NO4. The standard InChI is InChI=1S/C24H29NO4/c1-5-11-25(12-6-2)15-18-19(26)13-16(3)22-23(27)21(29-24(18)22)14-17-9-7-8-10-20(17)28-4/h7-10,13-14,26H,5-6,11-12,15H2,1-4H3/b21-14+. The molecular weight excluding hydrogens is 366 g/mol. The normalized spacial score (nSPS) is 14.4. The molecule has 0 bridgehead atoms. The first kappa shape index (κ1) is 20.9. The fourth-order valence-electron chi connectivity index (χ4n) is 3.79. The van der Waals surface area contributed by atoms with Crippen LogP contribution in [0.5, 0.6) is 17.2 Å². The molecule has 0 unspecified atom stereocenters. The lowest BCUT2D eigenvalue weighted by molar-refractivity contribution is 0.101. The Morgan fingerprint density at radius 3 is 2.52 bits per heavy atom. The summed E-state index contributed by atoms with van der Waals surface area (Å²) in [6, 6.07) is 9.15. The number of benzene rings is 2. The minimum absolute atomic E-state index is 0.165. The van der Waals surface area contributed by atoms with E-state index in [1.54, 1.807) is 19.3 Å². The summed E-state index contributed by atoms with van der Waals surface area (Å²) in [5.41, 5.74) is 2.69. The predicted octanol–water partition coefficient (Wildman–Crippen LogP) is 4.95. The van der Waals surface area contributed by atoms with Crippen molar-refractivity contribution in [1.82, 2.24) is 4.90 Å². The van der Waals surface area contributed by atoms with Gasteiger partial charge in [0, 0.05) is 12.1 Å². The SMILES string of the molecule is CCCN(CCC)Cc1c(O)cc(C)c2c1O/C(=C/c1ccccc1OC)C2=O. The predicted molar refractivity (Wildman–Crippen MR) is 115 cm³/mol. The van der Waals surface area contributed by atoms with E-state index in [-0.39, 0.29) is 17.3 Å². The van der Waals surface area contributed by atoms with Gasteiger partial charge in [-0.1, -0.05) is 32.0 Å². The van der Waals surface area contributed by atoms with Crippen molar-refractivity contribution < 1.29 is 19.4 Å². The average Bonchev–Trinajstić information content (AvgIpc) is 3.02. The zero-order chi connectivity index (χ0) is 21.0. The molecule has 2 aromatic carbocycles. The van der Waals surface area contributed by atoms with Crippen molar-refractivity contribution >= 4 is 11.9 Å². The number of hydrogen-bond acceptors (Lipinski definition) is 5. The van der Waals surface area contributed by atoms with Gasteiger partial charge in [-0.05, 0) is 56.6 Å². The molecule has 0 atom stereocenters. The van der Waals surface area contributed by atoms with Crippen LogP contribution in [0.3, 0.4) is 0 Å². The molecule has 1 heterocycles. The van der Waals surface area contributed by atoms with E-state index in [1.807, 2.05) is 31.2 Å². The van der Waals surface area contributed by atoms with E-state index in [2.05, 4.69) is 18.7 Å². The number of phenols is 1. The van der Waals surface area contributed by atoms with Crippen molar-refractivity contribution in [2.75, 3.05) is 20.2 Å². The third-order valence-corrected chi connectivity index (χ3v) is 5.11. The Labute approximate surface area is 172 Å². The molecule has 1 aliphatic heterocycles. The van der Waals surface area contributed by atoms with Gasteiger partial charge in [0.1, 0.15) is 17.2 Å². The molecule has 0 amide bonds. The summed E-state index contributed by atoms with van der Waals surface area (Å²) in [5, 5.41) is 10.6. The molecule has 2 aromatic rings. The van der Waals surface area contributed by atoms with Crippen molar-refractivity contribution in [3.8, 4) is 17.2 Å². The molecule has 0 radical (unpaired) electrons. The molecule has 5 nitrogen and oxygen atoms in total. The van der Waals surface area contributed by atoms with Gasteiger partial charge in [-0.15, -0.1) is 0 Å². The number of Topliss-reactive ketones (excluding diaryl/α,β-unsaturated/α-hetero) is 1. The van der Waals surface area contributed by atoms with E-state index in [0.717, 1.165) is 31.5 Å². The van der Waals surface area contributed by atoms with Crippen LogP contribution in [-0.2, 0) is 6.54 Å². The van der Waals surface area contributed by atoms with Crippen molar-refractivity contribution in [2.45, 2.75) is 40.2 Å². The molecule has 1 aliphatic rings. The second kappa shape index (κ2) is 9.14. The van der Waals surface area contributed by atoms with E-state index < -0.39 is 0 Å². The number of carbonyl (C=O) groups is 1. The van der Waals surface area contributed by atoms with Crippen molar-refractivity contribution in [1.29, 1.82) is 0 Å². The highest BCUT2D eigenvalue weighted by Gasteiger charge is 2.33. The third kappa shape index (κ3) is 4.30. The minimum Gasteiger partial charge on any atom is -0.507 e. The minimum atomic E-state index is -0.165. The first-order valence-corrected chi connectivity index (χ1v) is 10.1. The van der Waals surface area contributed by atoms with E-state index in [1.165, 1.54) is 0 Å². The number of fused-ring (bicyclic) bond motifs is 1. The summed E-state index contributed by atoms with van der Waals surface area (Å²) in [6.45, 7) is 8.49. The summed E-state index contributed by atoms with van der Waals surface area (Å²) in [4.78, 5) is 15.4. The summed E-state index contributed by atoms with van der Waals surface area (Å²) >= 11 is 0. The maximum Gasteiger partial charge on any atom is 0.232 e. The summed E-state index contributed by atoms with van der Waals surface area (Å²) in [7, 11) is 1.60. The monoisotopic (exact) mass is 395 g/mol. The average molecular weight is 395 g/mol. The van der Waals surface area contributed by atoms with Gasteiger partial charge in [0.25, 0.3) is 0 Å². The number of para-hydroxylation sites is 1. The van der Waals surface area contributed by atoms with Crippen LogP contribution < -0.4 is 9.47 Å². The van der Waals surface area contributed by atoms with Crippen LogP contribution in [0.25, 0.3) is 6.08 Å². The number of methoxy groups -OCH3 is 1. The molecule has 29 heavy (non-hydrogen) atoms. The fraction of sp³-hybridized carbons (Fsp3) is 0.375. The van der Waals surface area contributed by atoms with Gasteiger partial charge in [0.05, 0.1) is 18.2 Å². The van der Waals surface area contributed by atoms with Gasteiger partial charge in [-0.2, -0.15) is 0 Å². The van der Waals surface area contributed by atoms with Gasteiger partial charge >= 0.3 is 0 Å². The highest BCUT2D eigenvalue weighted by Crippen LogP contribution is 2.42. The number of aryl methyl sites for hydroxylation is 1. The van der Waals surface area contributed by atoms with Gasteiger partial charge < -0.3 is 14.6 Å². The Bertz CT molecular complexity index is 927. The van der Waals surface area contributed by atoms with Gasteiger partial charge in [-0.25, -0.2) is 0 Å². The number of ketones is 1. The Morgan fingerprint density at radius 2 is 1.86 bits per heavy atom. The zero-order valence-electron chi connectivity index (χ0n) is 17.6. The second-order valence-corrected chi connectivity index (χ2v) is 7.35. The van der Waals surface area contributed by atoms with E-state index in [9.17, 15) is 9.90 Å². The molecule has 154 valence electrons. The molecule has 0 fully saturated rings. The topological polar surface area (TPSA) is 59.0 Å². The lowest BCUT2D eigenvalue weighted by Gasteiger charge is -2.22. The van der Waals surface area contributed by atoms with Crippen molar-refractivity contribution in [2.24, 2.45) is 0 Å². The summed E-state index contributed by atoms with van der Waals surface area (Å²) in [5.74, 6) is 1.40. The maximum absolute atomic E-state index is 13.1. The molecule has 3 rings (SSSR count). The lowest BCUT2D eigenvalue weighted by atomic mass is 9.99. The molecule has 0 aliphatic carbocycles. The Balaban J connectivity index is 2.02. The first-order valence-electron chi connectivity index (χ1n) is 10.1. The maximum atomic E-state index is 13.1. The highest BCUT2D eigenvalue weighted by molar-refractivity contribution is 6.16. The second-order valence-electron chi connectivity index (χ2n) is 7.35. The van der Waals surface area contributed by atoms with Crippen LogP contribution in [0.2, 0.25) is 0 Å². The van der Waals surface area contributed by atoms with Crippen LogP contribution in [0.4, 0.5) is 0 Å². The number of phenolic OH excluding ortho intramolecular Hbond substituents is 1. The van der Waals surface area contributed by atoms with Crippen LogP contribution in [0.15, 0.2) is 36.1 Å². The molecule has 0 spiro atoms. The number of allylic oxidation sites excluding steroid dienone is 1. The highest BCUT2D eigenvalue weighted by atomic mass is 16.5. The number of carbonyl (C=O) groups excluding carboxylic acids is 1. The molecule has 5 heteroatoms. The van der Waals surface area contributed by atoms with E-state index in [4.69, 9.17) is 9.47 Å². The fourth-order valence-corrected chi connectivity index (χ4v) is 3.79. The molecule has 0 saturated heterocycles. The van der Waals surface area contributed by atoms with Crippen molar-refractivity contribution in [3.63, 3.8) is 0 Å². The lowest BCUT2D eigenvalue weighted by Crippen LogP contribution is -2.25. The van der Waals surface area contributed by atoms with Crippen molar-refractivity contribution in [3.05, 3.63) is 58.3 Å². The number of nitrogens with zero attached hydrogens (tertiary/aromatic N) is 1. The molecule has 1 N–H and O–H groups in total. The van der Waals surface area contributed by atoms with Crippen LogP contribution in [0.1, 0.15) is 53.7 Å². The number of hydrogen-bond donors (Lipinski definition) is 1. The Kier molecular flexibility index (Phi) is 6.60. The van der Waals surface area contributed by atoms with Gasteiger partial charge in [-0.3, -0.25) is 9.69 Å². The first-order chi connectivity index (χ1) is 14.0. The third-order valence-electron chi connectivity index (χ3n) is 5.11. The number of rotatable bonds is 8. The largest absolute Gasteiger partial charge is 0.507 e. The smallest absolute Gasteiger partial charge is 0.232 e. The number of aromatic hydroxyl groups is 1. The Morgan fingerprint density at radius 1 is 1.17 bits per heavy atom. The summed E-state index contributed by atoms with van der Waals surface area (Å²) < 4.78 is 11.4. The quantitative estimate of drug-likeness (QED) is 0.641. The number of ether oxygens (including phenoxy) is 2. The van der Waals surface area contributed by atoms with Crippen LogP contribution in [0, 0.1) is 6.92 Å². The van der Waals surface area contributed by atoms with E-state index >= 15 is 0 Å². The van der Waals surface area contributed by atoms with Gasteiger partial charge in [0.15, 0.2) is 5.76 Å². The molecule has 0 saturated carbocycles. The Hall–Kier alpha value is -2.79. The van der Waals surface area contributed by atoms with E-state index in [0.29, 0.717) is 34.7 Å². The van der Waals surface area contributed by atoms with Gasteiger partial charge in [0.2, 0.25) is 5.78 Å². The van der Waals surface area contributed by atoms with Crippen LogP contribution in [-0.4, -0.2) is 36.0 Å². The van der Waals surface area contributed by atoms with Crippen LogP contribution >= 0.6 is 0 Å². The molecule has 0 aromatic heterocycles. The zero-order valence-corrected chi connectivity index (χ0v) is 17.6.